The lowest BCUT2D eigenvalue weighted by molar-refractivity contribution is -0.131. The van der Waals surface area contributed by atoms with Gasteiger partial charge in [-0.3, -0.25) is 4.79 Å². The van der Waals surface area contributed by atoms with Gasteiger partial charge in [-0.05, 0) is 47.0 Å². The molecule has 0 aliphatic heterocycles. The summed E-state index contributed by atoms with van der Waals surface area (Å²) in [4.78, 5) is 23.0. The maximum Gasteiger partial charge on any atom is 0.328 e. The predicted molar refractivity (Wildman–Crippen MR) is 103 cm³/mol. The molecule has 0 spiro atoms. The molecular weight excluding hydrogens is 326 g/mol. The molecule has 0 aromatic heterocycles. The molecule has 3 aromatic rings. The van der Waals surface area contributed by atoms with Gasteiger partial charge in [-0.25, -0.2) is 4.79 Å². The SMILES string of the molecule is O=C(O)C=Cc1cccc(NC(=O)c2ccc(-c3ccccc3)cc2)c1. The summed E-state index contributed by atoms with van der Waals surface area (Å²) in [5, 5.41) is 11.5. The highest BCUT2D eigenvalue weighted by atomic mass is 16.4. The van der Waals surface area contributed by atoms with Gasteiger partial charge in [0.15, 0.2) is 0 Å². The van der Waals surface area contributed by atoms with Gasteiger partial charge in [0.05, 0.1) is 0 Å². The molecule has 0 bridgehead atoms. The Kier molecular flexibility index (Phi) is 5.25. The fraction of sp³-hybridized carbons (Fsp3) is 0. The maximum absolute atomic E-state index is 12.4. The van der Waals surface area contributed by atoms with E-state index in [1.54, 1.807) is 36.4 Å². The van der Waals surface area contributed by atoms with Crippen LogP contribution in [0.2, 0.25) is 0 Å². The normalized spacial score (nSPS) is 10.6. The molecule has 0 heterocycles. The molecule has 4 heteroatoms. The number of carbonyl (C=O) groups excluding carboxylic acids is 1. The number of nitrogens with one attached hydrogen (secondary N) is 1. The zero-order valence-electron chi connectivity index (χ0n) is 13.9. The standard InChI is InChI=1S/C22H17NO3/c24-21(25)14-9-16-5-4-8-20(15-16)23-22(26)19-12-10-18(11-13-19)17-6-2-1-3-7-17/h1-15H,(H,23,26)(H,24,25). The predicted octanol–water partition coefficient (Wildman–Crippen LogP) is 4.70. The van der Waals surface area contributed by atoms with Gasteiger partial charge in [-0.2, -0.15) is 0 Å². The first-order valence-electron chi connectivity index (χ1n) is 8.10. The Balaban J connectivity index is 1.72. The van der Waals surface area contributed by atoms with Gasteiger partial charge < -0.3 is 10.4 Å². The van der Waals surface area contributed by atoms with E-state index in [0.29, 0.717) is 16.8 Å². The van der Waals surface area contributed by atoms with Crippen LogP contribution in [0.1, 0.15) is 15.9 Å². The molecule has 1 amide bonds. The lowest BCUT2D eigenvalue weighted by atomic mass is 10.0. The molecule has 0 radical (unpaired) electrons. The molecule has 4 nitrogen and oxygen atoms in total. The molecule has 0 fully saturated rings. The summed E-state index contributed by atoms with van der Waals surface area (Å²) in [6.45, 7) is 0. The largest absolute Gasteiger partial charge is 0.478 e. The first-order valence-corrected chi connectivity index (χ1v) is 8.10. The van der Waals surface area contributed by atoms with E-state index in [2.05, 4.69) is 5.32 Å². The van der Waals surface area contributed by atoms with Crippen molar-refractivity contribution in [2.75, 3.05) is 5.32 Å². The van der Waals surface area contributed by atoms with E-state index in [4.69, 9.17) is 5.11 Å². The minimum Gasteiger partial charge on any atom is -0.478 e. The van der Waals surface area contributed by atoms with Gasteiger partial charge in [-0.1, -0.05) is 54.6 Å². The van der Waals surface area contributed by atoms with Crippen LogP contribution >= 0.6 is 0 Å². The third kappa shape index (κ3) is 4.45. The molecule has 0 aliphatic rings. The van der Waals surface area contributed by atoms with Crippen LogP contribution < -0.4 is 5.32 Å². The average Bonchev–Trinajstić information content (AvgIpc) is 2.67. The zero-order chi connectivity index (χ0) is 18.4. The Morgan fingerprint density at radius 3 is 2.19 bits per heavy atom. The minimum absolute atomic E-state index is 0.219. The van der Waals surface area contributed by atoms with E-state index >= 15 is 0 Å². The van der Waals surface area contributed by atoms with Crippen LogP contribution in [0.4, 0.5) is 5.69 Å². The van der Waals surface area contributed by atoms with Crippen molar-refractivity contribution in [1.82, 2.24) is 0 Å². The van der Waals surface area contributed by atoms with E-state index in [-0.39, 0.29) is 5.91 Å². The second-order valence-electron chi connectivity index (χ2n) is 5.69. The van der Waals surface area contributed by atoms with Crippen molar-refractivity contribution in [2.24, 2.45) is 0 Å². The highest BCUT2D eigenvalue weighted by Gasteiger charge is 2.07. The summed E-state index contributed by atoms with van der Waals surface area (Å²) in [5.74, 6) is -1.23. The van der Waals surface area contributed by atoms with E-state index in [0.717, 1.165) is 17.2 Å². The number of benzene rings is 3. The first kappa shape index (κ1) is 17.2. The van der Waals surface area contributed by atoms with Gasteiger partial charge in [0.2, 0.25) is 0 Å². The highest BCUT2D eigenvalue weighted by Crippen LogP contribution is 2.20. The van der Waals surface area contributed by atoms with Gasteiger partial charge in [0.1, 0.15) is 0 Å². The summed E-state index contributed by atoms with van der Waals surface area (Å²) in [6.07, 6.45) is 2.54. The number of carboxylic acids is 1. The van der Waals surface area contributed by atoms with Crippen molar-refractivity contribution < 1.29 is 14.7 Å². The molecule has 3 rings (SSSR count). The fourth-order valence-corrected chi connectivity index (χ4v) is 2.54. The van der Waals surface area contributed by atoms with Crippen molar-refractivity contribution in [3.63, 3.8) is 0 Å². The average molecular weight is 343 g/mol. The Morgan fingerprint density at radius 2 is 1.50 bits per heavy atom. The van der Waals surface area contributed by atoms with E-state index < -0.39 is 5.97 Å². The highest BCUT2D eigenvalue weighted by molar-refractivity contribution is 6.04. The molecule has 0 atom stereocenters. The summed E-state index contributed by atoms with van der Waals surface area (Å²) < 4.78 is 0. The summed E-state index contributed by atoms with van der Waals surface area (Å²) >= 11 is 0. The Morgan fingerprint density at radius 1 is 0.808 bits per heavy atom. The number of aliphatic carboxylic acids is 1. The van der Waals surface area contributed by atoms with Gasteiger partial charge in [-0.15, -0.1) is 0 Å². The summed E-state index contributed by atoms with van der Waals surface area (Å²) in [7, 11) is 0. The van der Waals surface area contributed by atoms with Crippen LogP contribution in [0.3, 0.4) is 0 Å². The van der Waals surface area contributed by atoms with Crippen LogP contribution in [0, 0.1) is 0 Å². The lowest BCUT2D eigenvalue weighted by Gasteiger charge is -2.07. The molecule has 26 heavy (non-hydrogen) atoms. The fourth-order valence-electron chi connectivity index (χ4n) is 2.54. The third-order valence-electron chi connectivity index (χ3n) is 3.82. The van der Waals surface area contributed by atoms with Crippen molar-refractivity contribution in [3.05, 3.63) is 96.1 Å². The van der Waals surface area contributed by atoms with Crippen LogP contribution in [-0.4, -0.2) is 17.0 Å². The molecule has 3 aromatic carbocycles. The van der Waals surface area contributed by atoms with Gasteiger partial charge in [0, 0.05) is 17.3 Å². The second-order valence-corrected chi connectivity index (χ2v) is 5.69. The minimum atomic E-state index is -1.02. The molecular formula is C22H17NO3. The molecule has 2 N–H and O–H groups in total. The van der Waals surface area contributed by atoms with Crippen LogP contribution in [0.15, 0.2) is 84.9 Å². The lowest BCUT2D eigenvalue weighted by Crippen LogP contribution is -2.11. The molecule has 128 valence electrons. The number of anilines is 1. The number of rotatable bonds is 5. The van der Waals surface area contributed by atoms with Gasteiger partial charge in [0.25, 0.3) is 5.91 Å². The number of carbonyl (C=O) groups is 2. The third-order valence-corrected chi connectivity index (χ3v) is 3.82. The number of hydrogen-bond acceptors (Lipinski definition) is 2. The monoisotopic (exact) mass is 343 g/mol. The Labute approximate surface area is 151 Å². The topological polar surface area (TPSA) is 66.4 Å². The number of hydrogen-bond donors (Lipinski definition) is 2. The smallest absolute Gasteiger partial charge is 0.328 e. The van der Waals surface area contributed by atoms with Gasteiger partial charge >= 0.3 is 5.97 Å². The van der Waals surface area contributed by atoms with Crippen LogP contribution in [0.5, 0.6) is 0 Å². The second kappa shape index (κ2) is 7.94. The Bertz CT molecular complexity index is 945. The van der Waals surface area contributed by atoms with Crippen molar-refractivity contribution in [3.8, 4) is 11.1 Å². The van der Waals surface area contributed by atoms with Crippen molar-refractivity contribution >= 4 is 23.6 Å². The number of amides is 1. The quantitative estimate of drug-likeness (QED) is 0.660. The van der Waals surface area contributed by atoms with E-state index in [1.807, 2.05) is 42.5 Å². The Hall–Kier alpha value is -3.66. The van der Waals surface area contributed by atoms with E-state index in [1.165, 1.54) is 6.08 Å². The zero-order valence-corrected chi connectivity index (χ0v) is 13.9. The van der Waals surface area contributed by atoms with Crippen molar-refractivity contribution in [2.45, 2.75) is 0 Å². The summed E-state index contributed by atoms with van der Waals surface area (Å²) in [5.41, 5.74) is 4.00. The van der Waals surface area contributed by atoms with Crippen LogP contribution in [0.25, 0.3) is 17.2 Å². The molecule has 0 aliphatic carbocycles. The van der Waals surface area contributed by atoms with Crippen molar-refractivity contribution in [1.29, 1.82) is 0 Å². The first-order chi connectivity index (χ1) is 12.6. The maximum atomic E-state index is 12.4. The van der Waals surface area contributed by atoms with E-state index in [9.17, 15) is 9.59 Å². The molecule has 0 unspecified atom stereocenters. The molecule has 0 saturated carbocycles. The van der Waals surface area contributed by atoms with Crippen LogP contribution in [-0.2, 0) is 4.79 Å². The molecule has 0 saturated heterocycles. The number of carboxylic acid groups (broad SMARTS) is 1. The summed E-state index contributed by atoms with van der Waals surface area (Å²) in [6, 6.07) is 24.3.